The van der Waals surface area contributed by atoms with Crippen LogP contribution in [0.2, 0.25) is 0 Å². The summed E-state index contributed by atoms with van der Waals surface area (Å²) < 4.78 is 22.0. The highest BCUT2D eigenvalue weighted by Gasteiger charge is 2.14. The van der Waals surface area contributed by atoms with Gasteiger partial charge in [0.15, 0.2) is 0 Å². The molecule has 2 heterocycles. The Hall–Kier alpha value is -1.82. The largest absolute Gasteiger partial charge is 0.468 e. The molecule has 0 aliphatic carbocycles. The Bertz CT molecular complexity index is 544. The lowest BCUT2D eigenvalue weighted by atomic mass is 10.4. The van der Waals surface area contributed by atoms with E-state index in [0.29, 0.717) is 23.0 Å². The SMILES string of the molecule is Cc1occc1[S@@](=O)CC(=O)NCc1ccco1. The van der Waals surface area contributed by atoms with Crippen molar-refractivity contribution in [1.82, 2.24) is 5.32 Å². The first kappa shape index (κ1) is 12.6. The van der Waals surface area contributed by atoms with Crippen LogP contribution in [-0.4, -0.2) is 15.9 Å². The molecule has 5 nitrogen and oxygen atoms in total. The highest BCUT2D eigenvalue weighted by molar-refractivity contribution is 7.85. The van der Waals surface area contributed by atoms with E-state index in [1.807, 2.05) is 0 Å². The summed E-state index contributed by atoms with van der Waals surface area (Å²) in [5, 5.41) is 2.64. The predicted octanol–water partition coefficient (Wildman–Crippen LogP) is 1.61. The van der Waals surface area contributed by atoms with Crippen molar-refractivity contribution in [1.29, 1.82) is 0 Å². The first-order valence-corrected chi connectivity index (χ1v) is 6.70. The lowest BCUT2D eigenvalue weighted by Crippen LogP contribution is -2.27. The normalized spacial score (nSPS) is 12.3. The second kappa shape index (κ2) is 5.68. The number of rotatable bonds is 5. The zero-order chi connectivity index (χ0) is 13.0. The molecule has 0 spiro atoms. The van der Waals surface area contributed by atoms with E-state index in [1.54, 1.807) is 25.1 Å². The van der Waals surface area contributed by atoms with Crippen LogP contribution in [0.4, 0.5) is 0 Å². The van der Waals surface area contributed by atoms with Crippen LogP contribution < -0.4 is 5.32 Å². The Morgan fingerprint density at radius 2 is 2.17 bits per heavy atom. The quantitative estimate of drug-likeness (QED) is 0.893. The maximum atomic E-state index is 11.9. The fourth-order valence-electron chi connectivity index (χ4n) is 1.46. The molecular weight excluding hydrogens is 254 g/mol. The van der Waals surface area contributed by atoms with Gasteiger partial charge in [-0.05, 0) is 25.1 Å². The molecule has 0 saturated carbocycles. The van der Waals surface area contributed by atoms with Gasteiger partial charge in [-0.15, -0.1) is 0 Å². The third-order valence-electron chi connectivity index (χ3n) is 2.36. The van der Waals surface area contributed by atoms with Crippen molar-refractivity contribution in [2.24, 2.45) is 0 Å². The Balaban J connectivity index is 1.84. The summed E-state index contributed by atoms with van der Waals surface area (Å²) in [4.78, 5) is 12.1. The number of carbonyl (C=O) groups is 1. The van der Waals surface area contributed by atoms with E-state index in [-0.39, 0.29) is 11.7 Å². The molecule has 0 saturated heterocycles. The fourth-order valence-corrected chi connectivity index (χ4v) is 2.53. The molecule has 2 aromatic rings. The van der Waals surface area contributed by atoms with Crippen LogP contribution >= 0.6 is 0 Å². The molecule has 0 aliphatic rings. The van der Waals surface area contributed by atoms with Gasteiger partial charge in [-0.1, -0.05) is 0 Å². The molecule has 0 bridgehead atoms. The summed E-state index contributed by atoms with van der Waals surface area (Å²) in [5.41, 5.74) is 0. The van der Waals surface area contributed by atoms with Crippen LogP contribution in [0.5, 0.6) is 0 Å². The van der Waals surface area contributed by atoms with Crippen LogP contribution in [-0.2, 0) is 22.1 Å². The number of furan rings is 2. The minimum atomic E-state index is -1.38. The fraction of sp³-hybridized carbons (Fsp3) is 0.250. The lowest BCUT2D eigenvalue weighted by molar-refractivity contribution is -0.118. The second-order valence-corrected chi connectivity index (χ2v) is 5.11. The topological polar surface area (TPSA) is 72.5 Å². The number of nitrogens with one attached hydrogen (secondary N) is 1. The predicted molar refractivity (Wildman–Crippen MR) is 65.3 cm³/mol. The van der Waals surface area contributed by atoms with Gasteiger partial charge in [0.2, 0.25) is 5.91 Å². The van der Waals surface area contributed by atoms with Crippen LogP contribution in [0.15, 0.2) is 44.5 Å². The molecule has 1 atom stereocenters. The van der Waals surface area contributed by atoms with Gasteiger partial charge in [0, 0.05) is 0 Å². The Morgan fingerprint density at radius 3 is 2.78 bits per heavy atom. The van der Waals surface area contributed by atoms with Crippen molar-refractivity contribution in [2.75, 3.05) is 5.75 Å². The molecule has 0 fully saturated rings. The van der Waals surface area contributed by atoms with E-state index in [2.05, 4.69) is 5.32 Å². The summed E-state index contributed by atoms with van der Waals surface area (Å²) in [7, 11) is -1.38. The lowest BCUT2D eigenvalue weighted by Gasteiger charge is -2.03. The summed E-state index contributed by atoms with van der Waals surface area (Å²) in [6, 6.07) is 5.12. The molecule has 1 amide bonds. The average Bonchev–Trinajstić information content (AvgIpc) is 2.97. The van der Waals surface area contributed by atoms with Gasteiger partial charge in [0.25, 0.3) is 0 Å². The van der Waals surface area contributed by atoms with E-state index in [4.69, 9.17) is 8.83 Å². The van der Waals surface area contributed by atoms with Crippen molar-refractivity contribution >= 4 is 16.7 Å². The van der Waals surface area contributed by atoms with E-state index in [0.717, 1.165) is 0 Å². The molecule has 18 heavy (non-hydrogen) atoms. The first-order chi connectivity index (χ1) is 8.66. The van der Waals surface area contributed by atoms with Gasteiger partial charge in [-0.3, -0.25) is 9.00 Å². The maximum absolute atomic E-state index is 11.9. The first-order valence-electron chi connectivity index (χ1n) is 5.38. The van der Waals surface area contributed by atoms with Crippen LogP contribution in [0.3, 0.4) is 0 Å². The monoisotopic (exact) mass is 267 g/mol. The highest BCUT2D eigenvalue weighted by Crippen LogP contribution is 2.13. The number of aryl methyl sites for hydroxylation is 1. The smallest absolute Gasteiger partial charge is 0.233 e. The third kappa shape index (κ3) is 3.10. The van der Waals surface area contributed by atoms with Gasteiger partial charge in [0.05, 0.1) is 34.8 Å². The molecule has 2 aromatic heterocycles. The maximum Gasteiger partial charge on any atom is 0.233 e. The Kier molecular flexibility index (Phi) is 3.99. The number of hydrogen-bond donors (Lipinski definition) is 1. The van der Waals surface area contributed by atoms with Crippen LogP contribution in [0, 0.1) is 6.92 Å². The molecule has 0 aromatic carbocycles. The Morgan fingerprint density at radius 1 is 1.33 bits per heavy atom. The summed E-state index contributed by atoms with van der Waals surface area (Å²) in [5.74, 6) is 0.868. The van der Waals surface area contributed by atoms with Crippen molar-refractivity contribution in [3.63, 3.8) is 0 Å². The Labute approximate surface area is 107 Å². The van der Waals surface area contributed by atoms with Crippen molar-refractivity contribution in [3.05, 3.63) is 42.2 Å². The van der Waals surface area contributed by atoms with E-state index >= 15 is 0 Å². The van der Waals surface area contributed by atoms with Crippen molar-refractivity contribution in [2.45, 2.75) is 18.4 Å². The van der Waals surface area contributed by atoms with Gasteiger partial charge < -0.3 is 14.2 Å². The van der Waals surface area contributed by atoms with Gasteiger partial charge in [0.1, 0.15) is 17.3 Å². The molecule has 0 aliphatic heterocycles. The number of carbonyl (C=O) groups excluding carboxylic acids is 1. The second-order valence-electron chi connectivity index (χ2n) is 3.69. The molecule has 0 unspecified atom stereocenters. The van der Waals surface area contributed by atoms with Gasteiger partial charge >= 0.3 is 0 Å². The van der Waals surface area contributed by atoms with E-state index < -0.39 is 10.8 Å². The van der Waals surface area contributed by atoms with E-state index in [1.165, 1.54) is 12.5 Å². The molecule has 6 heteroatoms. The van der Waals surface area contributed by atoms with Crippen molar-refractivity contribution < 1.29 is 17.8 Å². The van der Waals surface area contributed by atoms with Gasteiger partial charge in [-0.2, -0.15) is 0 Å². The standard InChI is InChI=1S/C12H13NO4S/c1-9-11(4-6-16-9)18(15)8-12(14)13-7-10-3-2-5-17-10/h2-6H,7-8H2,1H3,(H,13,14)/t18-/m0/s1. The average molecular weight is 267 g/mol. The molecule has 2 rings (SSSR count). The molecular formula is C12H13NO4S. The zero-order valence-corrected chi connectivity index (χ0v) is 10.7. The molecule has 96 valence electrons. The van der Waals surface area contributed by atoms with Crippen LogP contribution in [0.1, 0.15) is 11.5 Å². The summed E-state index contributed by atoms with van der Waals surface area (Å²) >= 11 is 0. The summed E-state index contributed by atoms with van der Waals surface area (Å²) in [6.07, 6.45) is 3.00. The highest BCUT2D eigenvalue weighted by atomic mass is 32.2. The third-order valence-corrected chi connectivity index (χ3v) is 3.80. The minimum absolute atomic E-state index is 0.0823. The van der Waals surface area contributed by atoms with E-state index in [9.17, 15) is 9.00 Å². The van der Waals surface area contributed by atoms with Gasteiger partial charge in [-0.25, -0.2) is 0 Å². The summed E-state index contributed by atoms with van der Waals surface area (Å²) in [6.45, 7) is 2.02. The minimum Gasteiger partial charge on any atom is -0.468 e. The zero-order valence-electron chi connectivity index (χ0n) is 9.84. The number of hydrogen-bond acceptors (Lipinski definition) is 4. The van der Waals surface area contributed by atoms with Crippen molar-refractivity contribution in [3.8, 4) is 0 Å². The molecule has 0 radical (unpaired) electrons. The van der Waals surface area contributed by atoms with Crippen LogP contribution in [0.25, 0.3) is 0 Å². The molecule has 1 N–H and O–H groups in total. The number of amides is 1.